The van der Waals surface area contributed by atoms with Gasteiger partial charge in [0.1, 0.15) is 0 Å². The zero-order valence-corrected chi connectivity index (χ0v) is 8.65. The van der Waals surface area contributed by atoms with Crippen LogP contribution in [0.15, 0.2) is 35.4 Å². The summed E-state index contributed by atoms with van der Waals surface area (Å²) in [6.45, 7) is 0. The summed E-state index contributed by atoms with van der Waals surface area (Å²) in [5, 5.41) is 13.1. The van der Waals surface area contributed by atoms with E-state index in [1.54, 1.807) is 30.3 Å². The number of aliphatic hydroxyl groups excluding tert-OH is 1. The fraction of sp³-hybridized carbons (Fsp3) is 0.300. The summed E-state index contributed by atoms with van der Waals surface area (Å²) in [4.78, 5) is 13.8. The van der Waals surface area contributed by atoms with E-state index >= 15 is 0 Å². The van der Waals surface area contributed by atoms with Crippen LogP contribution in [0.5, 0.6) is 0 Å². The van der Waals surface area contributed by atoms with Gasteiger partial charge in [-0.25, -0.2) is 0 Å². The van der Waals surface area contributed by atoms with E-state index in [1.165, 1.54) is 7.11 Å². The molecule has 0 amide bonds. The molecule has 6 nitrogen and oxygen atoms in total. The summed E-state index contributed by atoms with van der Waals surface area (Å²) in [5.74, 6) is -0.769. The van der Waals surface area contributed by atoms with Crippen LogP contribution in [-0.4, -0.2) is 24.2 Å². The molecule has 84 valence electrons. The Bertz CT molecular complexity index is 401. The van der Waals surface area contributed by atoms with Gasteiger partial charge in [0.25, 0.3) is 0 Å². The molecule has 0 aliphatic carbocycles. The average Bonchev–Trinajstić information content (AvgIpc) is 2.35. The highest BCUT2D eigenvalue weighted by atomic mass is 16.5. The molecule has 0 saturated heterocycles. The van der Waals surface area contributed by atoms with Crippen LogP contribution in [-0.2, 0) is 9.53 Å². The smallest absolute Gasteiger partial charge is 0.317 e. The molecule has 0 bridgehead atoms. The summed E-state index contributed by atoms with van der Waals surface area (Å²) < 4.78 is 4.44. The third-order valence-electron chi connectivity index (χ3n) is 2.06. The van der Waals surface area contributed by atoms with Crippen molar-refractivity contribution in [1.82, 2.24) is 0 Å². The van der Waals surface area contributed by atoms with Gasteiger partial charge in [-0.15, -0.1) is 0 Å². The molecule has 0 aliphatic heterocycles. The number of aliphatic hydroxyl groups is 1. The number of hydrogen-bond acceptors (Lipinski definition) is 4. The first-order chi connectivity index (χ1) is 7.70. The monoisotopic (exact) mass is 221 g/mol. The van der Waals surface area contributed by atoms with Gasteiger partial charge in [-0.3, -0.25) is 4.79 Å². The van der Waals surface area contributed by atoms with Crippen LogP contribution in [0.4, 0.5) is 0 Å². The maximum atomic E-state index is 11.3. The minimum absolute atomic E-state index is 0.491. The molecule has 0 saturated carbocycles. The molecule has 1 rings (SSSR count). The number of benzene rings is 1. The van der Waals surface area contributed by atoms with Gasteiger partial charge in [0.15, 0.2) is 6.04 Å². The van der Waals surface area contributed by atoms with Crippen molar-refractivity contribution in [3.63, 3.8) is 0 Å². The van der Waals surface area contributed by atoms with Gasteiger partial charge in [-0.1, -0.05) is 35.4 Å². The van der Waals surface area contributed by atoms with E-state index < -0.39 is 18.1 Å². The Hall–Kier alpha value is -2.04. The zero-order chi connectivity index (χ0) is 12.0. The number of rotatable bonds is 4. The SMILES string of the molecule is COC(=O)[C@H](N=[N+]=[N-])[C@@H](O)c1ccccc1. The Morgan fingerprint density at radius 3 is 2.62 bits per heavy atom. The van der Waals surface area contributed by atoms with Gasteiger partial charge in [0, 0.05) is 4.91 Å². The first-order valence-corrected chi connectivity index (χ1v) is 4.55. The molecule has 16 heavy (non-hydrogen) atoms. The molecule has 1 N–H and O–H groups in total. The fourth-order valence-corrected chi connectivity index (χ4v) is 1.25. The third-order valence-corrected chi connectivity index (χ3v) is 2.06. The summed E-state index contributed by atoms with van der Waals surface area (Å²) in [6.07, 6.45) is -1.20. The van der Waals surface area contributed by atoms with Crippen LogP contribution in [0, 0.1) is 0 Å². The summed E-state index contributed by atoms with van der Waals surface area (Å²) >= 11 is 0. The van der Waals surface area contributed by atoms with E-state index in [1.807, 2.05) is 0 Å². The number of azide groups is 1. The number of ether oxygens (including phenoxy) is 1. The Balaban J connectivity index is 2.96. The maximum absolute atomic E-state index is 11.3. The first-order valence-electron chi connectivity index (χ1n) is 4.55. The van der Waals surface area contributed by atoms with Crippen LogP contribution < -0.4 is 0 Å². The number of hydrogen-bond donors (Lipinski definition) is 1. The number of esters is 1. The van der Waals surface area contributed by atoms with Crippen LogP contribution in [0.3, 0.4) is 0 Å². The van der Waals surface area contributed by atoms with Gasteiger partial charge in [-0.05, 0) is 11.1 Å². The van der Waals surface area contributed by atoms with Crippen LogP contribution in [0.25, 0.3) is 10.4 Å². The fourth-order valence-electron chi connectivity index (χ4n) is 1.25. The number of methoxy groups -OCH3 is 1. The molecule has 1 aromatic carbocycles. The lowest BCUT2D eigenvalue weighted by Gasteiger charge is -2.16. The molecule has 0 unspecified atom stereocenters. The van der Waals surface area contributed by atoms with Crippen molar-refractivity contribution in [2.75, 3.05) is 7.11 Å². The van der Waals surface area contributed by atoms with Crippen LogP contribution in [0.1, 0.15) is 11.7 Å². The normalized spacial score (nSPS) is 13.4. The molecular formula is C10H11N3O3. The lowest BCUT2D eigenvalue weighted by Crippen LogP contribution is -2.27. The highest BCUT2D eigenvalue weighted by Gasteiger charge is 2.27. The van der Waals surface area contributed by atoms with Crippen molar-refractivity contribution in [3.8, 4) is 0 Å². The maximum Gasteiger partial charge on any atom is 0.317 e. The lowest BCUT2D eigenvalue weighted by molar-refractivity contribution is -0.144. The van der Waals surface area contributed by atoms with E-state index in [0.717, 1.165) is 0 Å². The van der Waals surface area contributed by atoms with Crippen molar-refractivity contribution in [2.45, 2.75) is 12.1 Å². The third kappa shape index (κ3) is 2.73. The minimum Gasteiger partial charge on any atom is -0.469 e. The van der Waals surface area contributed by atoms with Crippen molar-refractivity contribution < 1.29 is 14.6 Å². The standard InChI is InChI=1S/C10H11N3O3/c1-16-10(15)8(12-13-11)9(14)7-5-3-2-4-6-7/h2-6,8-9,14H,1H3/t8-,9+/m1/s1. The highest BCUT2D eigenvalue weighted by molar-refractivity contribution is 5.76. The van der Waals surface area contributed by atoms with E-state index in [4.69, 9.17) is 5.53 Å². The molecule has 0 heterocycles. The lowest BCUT2D eigenvalue weighted by atomic mass is 10.0. The van der Waals surface area contributed by atoms with Gasteiger partial charge >= 0.3 is 5.97 Å². The summed E-state index contributed by atoms with van der Waals surface area (Å²) in [7, 11) is 1.17. The van der Waals surface area contributed by atoms with E-state index in [-0.39, 0.29) is 0 Å². The molecule has 1 aromatic rings. The number of nitrogens with zero attached hydrogens (tertiary/aromatic N) is 3. The van der Waals surface area contributed by atoms with E-state index in [2.05, 4.69) is 14.8 Å². The summed E-state index contributed by atoms with van der Waals surface area (Å²) in [5.41, 5.74) is 8.81. The minimum atomic E-state index is -1.27. The quantitative estimate of drug-likeness (QED) is 0.361. The second-order valence-electron chi connectivity index (χ2n) is 3.03. The Morgan fingerprint density at radius 2 is 2.12 bits per heavy atom. The molecule has 0 radical (unpaired) electrons. The average molecular weight is 221 g/mol. The van der Waals surface area contributed by atoms with Gasteiger partial charge < -0.3 is 9.84 Å². The molecule has 0 aromatic heterocycles. The van der Waals surface area contributed by atoms with Gasteiger partial charge in [-0.2, -0.15) is 0 Å². The van der Waals surface area contributed by atoms with E-state index in [9.17, 15) is 9.90 Å². The number of carbonyl (C=O) groups is 1. The largest absolute Gasteiger partial charge is 0.469 e. The van der Waals surface area contributed by atoms with Crippen molar-refractivity contribution in [1.29, 1.82) is 0 Å². The molecule has 0 spiro atoms. The molecule has 2 atom stereocenters. The predicted octanol–water partition coefficient (Wildman–Crippen LogP) is 1.57. The summed E-state index contributed by atoms with van der Waals surface area (Å²) in [6, 6.07) is 7.20. The Labute approximate surface area is 92.1 Å². The van der Waals surface area contributed by atoms with Crippen LogP contribution >= 0.6 is 0 Å². The van der Waals surface area contributed by atoms with Gasteiger partial charge in [0.2, 0.25) is 0 Å². The topological polar surface area (TPSA) is 95.3 Å². The number of carbonyl (C=O) groups excluding carboxylic acids is 1. The molecule has 6 heteroatoms. The highest BCUT2D eigenvalue weighted by Crippen LogP contribution is 2.19. The van der Waals surface area contributed by atoms with Gasteiger partial charge in [0.05, 0.1) is 13.2 Å². The van der Waals surface area contributed by atoms with Crippen LogP contribution in [0.2, 0.25) is 0 Å². The first kappa shape index (κ1) is 12.0. The molecule has 0 aliphatic rings. The van der Waals surface area contributed by atoms with Crippen molar-refractivity contribution >= 4 is 5.97 Å². The zero-order valence-electron chi connectivity index (χ0n) is 8.65. The Morgan fingerprint density at radius 1 is 1.50 bits per heavy atom. The second-order valence-corrected chi connectivity index (χ2v) is 3.03. The van der Waals surface area contributed by atoms with Crippen molar-refractivity contribution in [3.05, 3.63) is 46.3 Å². The van der Waals surface area contributed by atoms with E-state index in [0.29, 0.717) is 5.56 Å². The molecular weight excluding hydrogens is 210 g/mol. The molecule has 0 fully saturated rings. The Kier molecular flexibility index (Phi) is 4.32. The van der Waals surface area contributed by atoms with Crippen molar-refractivity contribution in [2.24, 2.45) is 5.11 Å². The second kappa shape index (κ2) is 5.75. The predicted molar refractivity (Wildman–Crippen MR) is 56.4 cm³/mol.